The van der Waals surface area contributed by atoms with Gasteiger partial charge in [-0.15, -0.1) is 0 Å². The molecule has 1 fully saturated rings. The molecular formula is C14H17ClN2O2S. The highest BCUT2D eigenvalue weighted by Crippen LogP contribution is 2.43. The summed E-state index contributed by atoms with van der Waals surface area (Å²) in [5, 5.41) is 5.44. The van der Waals surface area contributed by atoms with Crippen molar-refractivity contribution in [1.29, 1.82) is 0 Å². The van der Waals surface area contributed by atoms with Crippen LogP contribution < -0.4 is 14.8 Å². The molecule has 1 aliphatic carbocycles. The smallest absolute Gasteiger partial charge is 0.161 e. The Kier molecular flexibility index (Phi) is 3.98. The predicted octanol–water partition coefficient (Wildman–Crippen LogP) is 3.65. The molecule has 0 bridgehead atoms. The van der Waals surface area contributed by atoms with Crippen LogP contribution in [0.15, 0.2) is 17.1 Å². The van der Waals surface area contributed by atoms with Gasteiger partial charge in [-0.25, -0.2) is 0 Å². The molecule has 4 nitrogen and oxygen atoms in total. The molecule has 1 unspecified atom stereocenters. The van der Waals surface area contributed by atoms with Crippen LogP contribution in [-0.2, 0) is 0 Å². The third kappa shape index (κ3) is 2.83. The zero-order valence-electron chi connectivity index (χ0n) is 11.5. The van der Waals surface area contributed by atoms with E-state index >= 15 is 0 Å². The van der Waals surface area contributed by atoms with E-state index in [4.69, 9.17) is 21.1 Å². The molecule has 2 aliphatic rings. The summed E-state index contributed by atoms with van der Waals surface area (Å²) in [5.41, 5.74) is 0.830. The average molecular weight is 313 g/mol. The van der Waals surface area contributed by atoms with Crippen molar-refractivity contribution in [3.05, 3.63) is 17.2 Å². The van der Waals surface area contributed by atoms with E-state index in [1.807, 2.05) is 17.8 Å². The molecule has 0 saturated heterocycles. The van der Waals surface area contributed by atoms with Gasteiger partial charge in [0.15, 0.2) is 5.17 Å². The zero-order chi connectivity index (χ0) is 14.1. The summed E-state index contributed by atoms with van der Waals surface area (Å²) in [5.74, 6) is 2.16. The van der Waals surface area contributed by atoms with Gasteiger partial charge in [-0.3, -0.25) is 4.99 Å². The van der Waals surface area contributed by atoms with Gasteiger partial charge in [0, 0.05) is 17.4 Å². The fourth-order valence-corrected chi connectivity index (χ4v) is 3.70. The number of anilines is 1. The van der Waals surface area contributed by atoms with Gasteiger partial charge >= 0.3 is 0 Å². The van der Waals surface area contributed by atoms with Crippen LogP contribution in [0.5, 0.6) is 11.5 Å². The summed E-state index contributed by atoms with van der Waals surface area (Å²) in [6.45, 7) is 0.907. The van der Waals surface area contributed by atoms with Crippen LogP contribution in [0.25, 0.3) is 0 Å². The van der Waals surface area contributed by atoms with Gasteiger partial charge in [-0.1, -0.05) is 23.4 Å². The van der Waals surface area contributed by atoms with Gasteiger partial charge in [0.2, 0.25) is 0 Å². The number of hydrogen-bond acceptors (Lipinski definition) is 5. The largest absolute Gasteiger partial charge is 0.495 e. The minimum atomic E-state index is 0.534. The SMILES string of the molecule is COc1cc(NC2=NCC(C3CC3)S2)c(OC)cc1Cl. The zero-order valence-corrected chi connectivity index (χ0v) is 13.1. The second-order valence-electron chi connectivity index (χ2n) is 4.95. The van der Waals surface area contributed by atoms with Crippen LogP contribution in [0.3, 0.4) is 0 Å². The van der Waals surface area contributed by atoms with Gasteiger partial charge in [0.05, 0.1) is 31.5 Å². The van der Waals surface area contributed by atoms with Gasteiger partial charge in [0.1, 0.15) is 11.5 Å². The number of amidine groups is 1. The highest BCUT2D eigenvalue weighted by atomic mass is 35.5. The number of thioether (sulfide) groups is 1. The minimum absolute atomic E-state index is 0.534. The lowest BCUT2D eigenvalue weighted by molar-refractivity contribution is 0.405. The molecule has 0 amide bonds. The summed E-state index contributed by atoms with van der Waals surface area (Å²) in [6.07, 6.45) is 2.69. The Labute approximate surface area is 127 Å². The van der Waals surface area contributed by atoms with E-state index in [9.17, 15) is 0 Å². The number of rotatable bonds is 4. The predicted molar refractivity (Wildman–Crippen MR) is 84.6 cm³/mol. The highest BCUT2D eigenvalue weighted by Gasteiger charge is 2.35. The molecule has 1 aromatic rings. The maximum Gasteiger partial charge on any atom is 0.161 e. The number of ether oxygens (including phenoxy) is 2. The van der Waals surface area contributed by atoms with Crippen molar-refractivity contribution in [2.24, 2.45) is 10.9 Å². The highest BCUT2D eigenvalue weighted by molar-refractivity contribution is 8.15. The summed E-state index contributed by atoms with van der Waals surface area (Å²) in [4.78, 5) is 4.57. The topological polar surface area (TPSA) is 42.8 Å². The number of nitrogens with zero attached hydrogens (tertiary/aromatic N) is 1. The maximum atomic E-state index is 6.10. The van der Waals surface area contributed by atoms with Crippen LogP contribution in [0.2, 0.25) is 5.02 Å². The Morgan fingerprint density at radius 1 is 1.25 bits per heavy atom. The van der Waals surface area contributed by atoms with Crippen LogP contribution in [0.4, 0.5) is 5.69 Å². The molecule has 1 aromatic carbocycles. The molecule has 1 saturated carbocycles. The lowest BCUT2D eigenvalue weighted by Gasteiger charge is -2.14. The first-order valence-electron chi connectivity index (χ1n) is 6.61. The molecule has 0 spiro atoms. The van der Waals surface area contributed by atoms with E-state index < -0.39 is 0 Å². The standard InChI is InChI=1S/C14H17ClN2O2S/c1-18-11-6-10(12(19-2)5-9(11)15)17-14-16-7-13(20-14)8-3-4-8/h5-6,8,13H,3-4,7H2,1-2H3,(H,16,17). The molecule has 0 radical (unpaired) electrons. The van der Waals surface area contributed by atoms with Gasteiger partial charge in [-0.05, 0) is 18.8 Å². The first kappa shape index (κ1) is 13.9. The van der Waals surface area contributed by atoms with Gasteiger partial charge in [0.25, 0.3) is 0 Å². The van der Waals surface area contributed by atoms with E-state index in [1.165, 1.54) is 12.8 Å². The van der Waals surface area contributed by atoms with Crippen molar-refractivity contribution in [3.63, 3.8) is 0 Å². The molecule has 6 heteroatoms. The Morgan fingerprint density at radius 2 is 2.00 bits per heavy atom. The summed E-state index contributed by atoms with van der Waals surface area (Å²) >= 11 is 7.92. The second kappa shape index (κ2) is 5.74. The molecule has 1 atom stereocenters. The van der Waals surface area contributed by atoms with Crippen molar-refractivity contribution in [2.45, 2.75) is 18.1 Å². The molecule has 1 aliphatic heterocycles. The van der Waals surface area contributed by atoms with Crippen LogP contribution in [0, 0.1) is 5.92 Å². The second-order valence-corrected chi connectivity index (χ2v) is 6.59. The van der Waals surface area contributed by atoms with Gasteiger partial charge in [-0.2, -0.15) is 0 Å². The molecule has 1 heterocycles. The Hall–Kier alpha value is -1.07. The van der Waals surface area contributed by atoms with E-state index in [-0.39, 0.29) is 0 Å². The fourth-order valence-electron chi connectivity index (χ4n) is 2.25. The number of benzene rings is 1. The molecule has 108 valence electrons. The number of methoxy groups -OCH3 is 2. The van der Waals surface area contributed by atoms with Crippen LogP contribution >= 0.6 is 23.4 Å². The summed E-state index contributed by atoms with van der Waals surface area (Å²) in [6, 6.07) is 3.59. The first-order chi connectivity index (χ1) is 9.71. The fraction of sp³-hybridized carbons (Fsp3) is 0.500. The number of nitrogens with one attached hydrogen (secondary N) is 1. The first-order valence-corrected chi connectivity index (χ1v) is 7.86. The van der Waals surface area contributed by atoms with Crippen molar-refractivity contribution in [1.82, 2.24) is 0 Å². The number of hydrogen-bond donors (Lipinski definition) is 1. The van der Waals surface area contributed by atoms with Crippen LogP contribution in [0.1, 0.15) is 12.8 Å². The summed E-state index contributed by atoms with van der Waals surface area (Å²) in [7, 11) is 3.22. The number of aliphatic imine (C=N–C) groups is 1. The Balaban J connectivity index is 1.76. The normalized spacial score (nSPS) is 21.6. The molecule has 1 N–H and O–H groups in total. The third-order valence-corrected chi connectivity index (χ3v) is 5.13. The van der Waals surface area contributed by atoms with Crippen molar-refractivity contribution in [2.75, 3.05) is 26.1 Å². The molecule has 20 heavy (non-hydrogen) atoms. The lowest BCUT2D eigenvalue weighted by atomic mass is 10.2. The third-order valence-electron chi connectivity index (χ3n) is 3.54. The van der Waals surface area contributed by atoms with Crippen molar-refractivity contribution in [3.8, 4) is 11.5 Å². The monoisotopic (exact) mass is 312 g/mol. The Morgan fingerprint density at radius 3 is 2.65 bits per heavy atom. The number of halogens is 1. The molecule has 3 rings (SSSR count). The lowest BCUT2D eigenvalue weighted by Crippen LogP contribution is -2.09. The van der Waals surface area contributed by atoms with E-state index in [0.29, 0.717) is 21.8 Å². The average Bonchev–Trinajstić information content (AvgIpc) is 3.20. The van der Waals surface area contributed by atoms with Crippen molar-refractivity contribution < 1.29 is 9.47 Å². The minimum Gasteiger partial charge on any atom is -0.495 e. The summed E-state index contributed by atoms with van der Waals surface area (Å²) < 4.78 is 10.6. The molecule has 0 aromatic heterocycles. The molecular weight excluding hydrogens is 296 g/mol. The van der Waals surface area contributed by atoms with Crippen LogP contribution in [-0.4, -0.2) is 31.2 Å². The van der Waals surface area contributed by atoms with E-state index in [2.05, 4.69) is 10.3 Å². The maximum absolute atomic E-state index is 6.10. The Bertz CT molecular complexity index is 546. The quantitative estimate of drug-likeness (QED) is 0.921. The van der Waals surface area contributed by atoms with E-state index in [0.717, 1.165) is 23.3 Å². The van der Waals surface area contributed by atoms with Crippen molar-refractivity contribution >= 4 is 34.2 Å². The van der Waals surface area contributed by atoms with Gasteiger partial charge < -0.3 is 14.8 Å². The van der Waals surface area contributed by atoms with E-state index in [1.54, 1.807) is 20.3 Å².